The molecule has 1 aliphatic heterocycles. The van der Waals surface area contributed by atoms with Crippen LogP contribution in [0.15, 0.2) is 48.5 Å². The maximum Gasteiger partial charge on any atom is 0.407 e. The first kappa shape index (κ1) is 23.4. The average Bonchev–Trinajstić information content (AvgIpc) is 3.59. The fraction of sp³-hybridized carbons (Fsp3) is 0.444. The molecule has 2 aliphatic carbocycles. The molecule has 2 fully saturated rings. The van der Waals surface area contributed by atoms with Crippen molar-refractivity contribution in [3.63, 3.8) is 0 Å². The van der Waals surface area contributed by atoms with E-state index in [0.29, 0.717) is 32.2 Å². The lowest BCUT2D eigenvalue weighted by Crippen LogP contribution is -2.37. The number of carboxylic acid groups (broad SMARTS) is 1. The van der Waals surface area contributed by atoms with Crippen LogP contribution in [0.2, 0.25) is 0 Å². The second-order valence-corrected chi connectivity index (χ2v) is 9.65. The number of fused-ring (bicyclic) bond motifs is 3. The molecular weight excluding hydrogens is 448 g/mol. The second-order valence-electron chi connectivity index (χ2n) is 9.65. The van der Waals surface area contributed by atoms with Crippen LogP contribution in [0.25, 0.3) is 11.1 Å². The third-order valence-electron chi connectivity index (χ3n) is 7.40. The van der Waals surface area contributed by atoms with Gasteiger partial charge >= 0.3 is 12.1 Å². The van der Waals surface area contributed by atoms with Crippen LogP contribution in [-0.2, 0) is 19.1 Å². The zero-order chi connectivity index (χ0) is 24.4. The Bertz CT molecular complexity index is 1070. The molecule has 8 heteroatoms. The topological polar surface area (TPSA) is 114 Å². The first-order valence-corrected chi connectivity index (χ1v) is 12.2. The molecule has 35 heavy (non-hydrogen) atoms. The Labute approximate surface area is 204 Å². The zero-order valence-corrected chi connectivity index (χ0v) is 19.4. The SMILES string of the molecule is O=C(N[C@H]1CC[C@@H](C(=O)NC[C@@H]2C[C@H](C(=O)O)CO2)C1)OCC1c2ccccc2-c2ccccc21. The lowest BCUT2D eigenvalue weighted by atomic mass is 9.98. The second kappa shape index (κ2) is 10.1. The Morgan fingerprint density at radius 1 is 0.943 bits per heavy atom. The molecule has 0 spiro atoms. The number of carbonyl (C=O) groups is 3. The van der Waals surface area contributed by atoms with Crippen LogP contribution >= 0.6 is 0 Å². The molecule has 2 aromatic rings. The summed E-state index contributed by atoms with van der Waals surface area (Å²) in [6.45, 7) is 0.754. The van der Waals surface area contributed by atoms with Crippen molar-refractivity contribution < 1.29 is 29.0 Å². The summed E-state index contributed by atoms with van der Waals surface area (Å²) in [5.41, 5.74) is 4.70. The van der Waals surface area contributed by atoms with E-state index in [9.17, 15) is 14.4 Å². The van der Waals surface area contributed by atoms with Gasteiger partial charge in [-0.2, -0.15) is 0 Å². The van der Waals surface area contributed by atoms with Crippen molar-refractivity contribution in [1.82, 2.24) is 10.6 Å². The summed E-state index contributed by atoms with van der Waals surface area (Å²) in [6, 6.07) is 16.3. The van der Waals surface area contributed by atoms with Crippen molar-refractivity contribution in [2.24, 2.45) is 11.8 Å². The van der Waals surface area contributed by atoms with Gasteiger partial charge < -0.3 is 25.2 Å². The zero-order valence-electron chi connectivity index (χ0n) is 19.4. The summed E-state index contributed by atoms with van der Waals surface area (Å²) < 4.78 is 11.1. The standard InChI is InChI=1S/C27H30N2O6/c30-25(28-13-19-12-17(14-34-19)26(31)32)16-9-10-18(11-16)29-27(33)35-15-24-22-7-3-1-5-20(22)21-6-2-4-8-23(21)24/h1-8,16-19,24H,9-15H2,(H,28,30)(H,29,33)(H,31,32)/t16-,17+,18+,19+/m1/s1. The molecule has 1 saturated carbocycles. The number of ether oxygens (including phenoxy) is 2. The van der Waals surface area contributed by atoms with E-state index in [0.717, 1.165) is 0 Å². The number of hydrogen-bond donors (Lipinski definition) is 3. The lowest BCUT2D eigenvalue weighted by molar-refractivity contribution is -0.141. The Morgan fingerprint density at radius 2 is 1.63 bits per heavy atom. The van der Waals surface area contributed by atoms with Crippen LogP contribution in [0.1, 0.15) is 42.7 Å². The molecule has 1 heterocycles. The first-order chi connectivity index (χ1) is 17.0. The van der Waals surface area contributed by atoms with Crippen molar-refractivity contribution in [2.45, 2.75) is 43.7 Å². The van der Waals surface area contributed by atoms with Crippen LogP contribution < -0.4 is 10.6 Å². The van der Waals surface area contributed by atoms with Crippen molar-refractivity contribution >= 4 is 18.0 Å². The van der Waals surface area contributed by atoms with Gasteiger partial charge in [0.05, 0.1) is 18.6 Å². The maximum atomic E-state index is 12.6. The monoisotopic (exact) mass is 478 g/mol. The molecule has 2 amide bonds. The molecule has 5 rings (SSSR count). The third-order valence-corrected chi connectivity index (χ3v) is 7.40. The summed E-state index contributed by atoms with van der Waals surface area (Å²) in [5, 5.41) is 14.9. The molecule has 4 atom stereocenters. The Kier molecular flexibility index (Phi) is 6.72. The Morgan fingerprint density at radius 3 is 2.29 bits per heavy atom. The number of hydrogen-bond acceptors (Lipinski definition) is 5. The van der Waals surface area contributed by atoms with Crippen molar-refractivity contribution in [1.29, 1.82) is 0 Å². The van der Waals surface area contributed by atoms with Crippen LogP contribution in [0, 0.1) is 11.8 Å². The number of carboxylic acids is 1. The van der Waals surface area contributed by atoms with Crippen molar-refractivity contribution in [3.8, 4) is 11.1 Å². The quantitative estimate of drug-likeness (QED) is 0.563. The fourth-order valence-electron chi connectivity index (χ4n) is 5.54. The average molecular weight is 479 g/mol. The number of amides is 2. The van der Waals surface area contributed by atoms with Gasteiger partial charge in [-0.15, -0.1) is 0 Å². The largest absolute Gasteiger partial charge is 0.481 e. The lowest BCUT2D eigenvalue weighted by Gasteiger charge is -2.17. The highest BCUT2D eigenvalue weighted by atomic mass is 16.5. The number of benzene rings is 2. The molecule has 3 aliphatic rings. The van der Waals surface area contributed by atoms with E-state index in [1.165, 1.54) is 22.3 Å². The number of rotatable bonds is 7. The predicted molar refractivity (Wildman–Crippen MR) is 128 cm³/mol. The van der Waals surface area contributed by atoms with Gasteiger partial charge in [0.15, 0.2) is 0 Å². The van der Waals surface area contributed by atoms with Crippen LogP contribution in [-0.4, -0.2) is 55.0 Å². The number of nitrogens with one attached hydrogen (secondary N) is 2. The minimum Gasteiger partial charge on any atom is -0.481 e. The predicted octanol–water partition coefficient (Wildman–Crippen LogP) is 3.30. The molecule has 3 N–H and O–H groups in total. The van der Waals surface area contributed by atoms with E-state index in [1.54, 1.807) is 0 Å². The van der Waals surface area contributed by atoms with Gasteiger partial charge in [-0.1, -0.05) is 48.5 Å². The number of carbonyl (C=O) groups excluding carboxylic acids is 2. The van der Waals surface area contributed by atoms with E-state index < -0.39 is 18.0 Å². The summed E-state index contributed by atoms with van der Waals surface area (Å²) in [7, 11) is 0. The maximum absolute atomic E-state index is 12.6. The number of alkyl carbamates (subject to hydrolysis) is 1. The summed E-state index contributed by atoms with van der Waals surface area (Å²) in [4.78, 5) is 36.1. The van der Waals surface area contributed by atoms with Crippen molar-refractivity contribution in [2.75, 3.05) is 19.8 Å². The van der Waals surface area contributed by atoms with Crippen LogP contribution in [0.4, 0.5) is 4.79 Å². The van der Waals surface area contributed by atoms with E-state index in [-0.39, 0.29) is 43.1 Å². The molecule has 0 unspecified atom stereocenters. The third kappa shape index (κ3) is 5.03. The normalized spacial score (nSPS) is 25.0. The summed E-state index contributed by atoms with van der Waals surface area (Å²) >= 11 is 0. The molecule has 0 aromatic heterocycles. The smallest absolute Gasteiger partial charge is 0.407 e. The Balaban J connectivity index is 1.07. The molecule has 1 saturated heterocycles. The molecule has 0 bridgehead atoms. The summed E-state index contributed by atoms with van der Waals surface area (Å²) in [6.07, 6.45) is 1.63. The van der Waals surface area contributed by atoms with Gasteiger partial charge in [-0.25, -0.2) is 4.79 Å². The Hall–Kier alpha value is -3.39. The van der Waals surface area contributed by atoms with E-state index in [2.05, 4.69) is 34.9 Å². The first-order valence-electron chi connectivity index (χ1n) is 12.2. The van der Waals surface area contributed by atoms with Gasteiger partial charge in [-0.3, -0.25) is 9.59 Å². The highest BCUT2D eigenvalue weighted by Crippen LogP contribution is 2.44. The fourth-order valence-corrected chi connectivity index (χ4v) is 5.54. The van der Waals surface area contributed by atoms with E-state index in [1.807, 2.05) is 24.3 Å². The van der Waals surface area contributed by atoms with Gasteiger partial charge in [0.1, 0.15) is 6.61 Å². The minimum atomic E-state index is -0.864. The van der Waals surface area contributed by atoms with Gasteiger partial charge in [0.2, 0.25) is 5.91 Å². The van der Waals surface area contributed by atoms with Gasteiger partial charge in [0.25, 0.3) is 0 Å². The minimum absolute atomic E-state index is 0.00813. The molecule has 184 valence electrons. The van der Waals surface area contributed by atoms with Gasteiger partial charge in [0, 0.05) is 24.4 Å². The van der Waals surface area contributed by atoms with E-state index in [4.69, 9.17) is 14.6 Å². The van der Waals surface area contributed by atoms with Crippen molar-refractivity contribution in [3.05, 3.63) is 59.7 Å². The highest BCUT2D eigenvalue weighted by molar-refractivity contribution is 5.80. The summed E-state index contributed by atoms with van der Waals surface area (Å²) in [5.74, 6) is -1.63. The van der Waals surface area contributed by atoms with Crippen LogP contribution in [0.5, 0.6) is 0 Å². The van der Waals surface area contributed by atoms with Gasteiger partial charge in [-0.05, 0) is 47.9 Å². The molecule has 0 radical (unpaired) electrons. The molecular formula is C27H30N2O6. The van der Waals surface area contributed by atoms with Crippen LogP contribution in [0.3, 0.4) is 0 Å². The number of aliphatic carboxylic acids is 1. The molecule has 8 nitrogen and oxygen atoms in total. The highest BCUT2D eigenvalue weighted by Gasteiger charge is 2.34. The molecule has 2 aromatic carbocycles. The van der Waals surface area contributed by atoms with E-state index >= 15 is 0 Å².